The monoisotopic (exact) mass is 538 g/mol. The normalized spacial score (nSPS) is 2.53. The van der Waals surface area contributed by atoms with Crippen molar-refractivity contribution in [1.82, 2.24) is 0 Å². The van der Waals surface area contributed by atoms with Crippen LogP contribution in [0, 0.1) is 0 Å². The minimum atomic E-state index is -1.75. The van der Waals surface area contributed by atoms with E-state index in [0.717, 1.165) is 0 Å². The molecule has 12 nitrogen and oxygen atoms in total. The first kappa shape index (κ1) is 42.8. The summed E-state index contributed by atoms with van der Waals surface area (Å²) in [6, 6.07) is 0. The van der Waals surface area contributed by atoms with Gasteiger partial charge in [0.2, 0.25) is 0 Å². The van der Waals surface area contributed by atoms with Crippen molar-refractivity contribution in [3.8, 4) is 0 Å². The summed E-state index contributed by atoms with van der Waals surface area (Å²) in [5.74, 6) is 0. The molecule has 0 aliphatic heterocycles. The maximum atomic E-state index is 8.46. The Morgan fingerprint density at radius 3 is 0.368 bits per heavy atom. The molecule has 0 bridgehead atoms. The molecule has 19 heteroatoms. The van der Waals surface area contributed by atoms with Crippen LogP contribution < -0.4 is 24.9 Å². The summed E-state index contributed by atoms with van der Waals surface area (Å²) in [6.07, 6.45) is 0. The second kappa shape index (κ2) is 119. The van der Waals surface area contributed by atoms with E-state index < -0.39 is 92.9 Å². The molecule has 102 valence electrons. The molecule has 0 heterocycles. The zero-order valence-corrected chi connectivity index (χ0v) is 18.6. The van der Waals surface area contributed by atoms with Gasteiger partial charge in [-0.15, -0.1) is 0 Å². The van der Waals surface area contributed by atoms with Crippen molar-refractivity contribution in [3.63, 3.8) is 0 Å². The number of hydrogen-bond acceptors (Lipinski definition) is 12. The van der Waals surface area contributed by atoms with Crippen LogP contribution in [0.3, 0.4) is 0 Å². The molecule has 19 heavy (non-hydrogen) atoms. The van der Waals surface area contributed by atoms with E-state index in [0.29, 0.717) is 0 Å². The van der Waals surface area contributed by atoms with E-state index >= 15 is 0 Å². The van der Waals surface area contributed by atoms with Crippen molar-refractivity contribution in [2.75, 3.05) is 0 Å². The third-order valence-electron chi connectivity index (χ3n) is 0. The molecular weight excluding hydrogens is 538 g/mol. The first-order valence-corrected chi connectivity index (χ1v) is 8.49. The van der Waals surface area contributed by atoms with Crippen LogP contribution in [0.4, 0.5) is 0 Å². The van der Waals surface area contributed by atoms with E-state index in [1.54, 1.807) is 0 Å². The fraction of sp³-hybridized carbons (Fsp3) is 0. The van der Waals surface area contributed by atoms with Gasteiger partial charge in [0.15, 0.2) is 0 Å². The summed E-state index contributed by atoms with van der Waals surface area (Å²) in [6.45, 7) is 0. The summed E-state index contributed by atoms with van der Waals surface area (Å²) >= 11 is -10.5. The van der Waals surface area contributed by atoms with Crippen LogP contribution in [0.15, 0.2) is 0 Å². The van der Waals surface area contributed by atoms with Gasteiger partial charge >= 0.3 is 141 Å². The van der Waals surface area contributed by atoms with Crippen molar-refractivity contribution in [1.29, 1.82) is 0 Å². The predicted octanol–water partition coefficient (Wildman–Crippen LogP) is -10.1. The molecule has 0 rings (SSSR count). The molecular formula is Al6O12W-6. The second-order valence-corrected chi connectivity index (χ2v) is 1.73. The Labute approximate surface area is 160 Å². The Morgan fingerprint density at radius 1 is 0.368 bits per heavy atom. The Kier molecular flexibility index (Phi) is 268. The average Bonchev–Trinajstić information content (AvgIpc) is 2.23. The Morgan fingerprint density at radius 2 is 0.368 bits per heavy atom. The largest absolute Gasteiger partial charge is 0 e. The van der Waals surface area contributed by atoms with Crippen LogP contribution in [0.2, 0.25) is 0 Å². The van der Waals surface area contributed by atoms with Crippen LogP contribution >= 0.6 is 0 Å². The van der Waals surface area contributed by atoms with Gasteiger partial charge in [-0.25, -0.2) is 0 Å². The Balaban J connectivity index is -0.0000000180. The topological polar surface area (TPSA) is 241 Å². The van der Waals surface area contributed by atoms with Crippen molar-refractivity contribution in [2.24, 2.45) is 0 Å². The van der Waals surface area contributed by atoms with Crippen molar-refractivity contribution in [2.45, 2.75) is 0 Å². The maximum absolute atomic E-state index is 8.46. The molecule has 0 aromatic rings. The van der Waals surface area contributed by atoms with Gasteiger partial charge in [-0.1, -0.05) is 0 Å². The third kappa shape index (κ3) is 2710. The standard InChI is InChI=1S/6Al.12O.W/q;;;;;;;;;;;;6*-1;. The molecule has 0 atom stereocenters. The van der Waals surface area contributed by atoms with Gasteiger partial charge in [-0.3, -0.25) is 0 Å². The first-order chi connectivity index (χ1) is 8.49. The molecule has 0 spiro atoms. The molecule has 0 radical (unpaired) electrons. The van der Waals surface area contributed by atoms with Crippen LogP contribution in [0.1, 0.15) is 0 Å². The summed E-state index contributed by atoms with van der Waals surface area (Å²) in [4.78, 5) is 0. The van der Waals surface area contributed by atoms with E-state index in [4.69, 9.17) is 47.8 Å². The minimum absolute atomic E-state index is 0. The van der Waals surface area contributed by atoms with Gasteiger partial charge < -0.3 is 0 Å². The van der Waals surface area contributed by atoms with E-state index in [1.165, 1.54) is 0 Å². The molecule has 0 aromatic carbocycles. The summed E-state index contributed by atoms with van der Waals surface area (Å²) in [7, 11) is 0. The molecule has 0 N–H and O–H groups in total. The first-order valence-electron chi connectivity index (χ1n) is 2.83. The Hall–Kier alpha value is 1.48. The maximum Gasteiger partial charge on any atom is 0 e. The van der Waals surface area contributed by atoms with Gasteiger partial charge in [0.1, 0.15) is 0 Å². The van der Waals surface area contributed by atoms with E-state index in [9.17, 15) is 0 Å². The van der Waals surface area contributed by atoms with Crippen LogP contribution in [-0.4, -0.2) is 92.9 Å². The Bertz CT molecular complexity index is 114. The zero-order chi connectivity index (χ0) is 16.2. The molecule has 0 unspecified atom stereocenters. The molecule has 0 saturated carbocycles. The number of rotatable bonds is 0. The molecule has 0 aromatic heterocycles. The minimum Gasteiger partial charge on any atom is 0 e. The molecule has 0 aliphatic carbocycles. The van der Waals surface area contributed by atoms with Gasteiger partial charge in [-0.2, -0.15) is 0 Å². The van der Waals surface area contributed by atoms with E-state index in [-0.39, 0.29) is 21.1 Å². The van der Waals surface area contributed by atoms with Gasteiger partial charge in [0.25, 0.3) is 0 Å². The van der Waals surface area contributed by atoms with Gasteiger partial charge in [0, 0.05) is 21.1 Å². The fourth-order valence-electron chi connectivity index (χ4n) is 0. The van der Waals surface area contributed by atoms with Crippen molar-refractivity contribution >= 4 is 92.9 Å². The summed E-state index contributed by atoms with van der Waals surface area (Å²) < 4.78 is 101. The predicted molar refractivity (Wildman–Crippen MR) is 38.6 cm³/mol. The van der Waals surface area contributed by atoms with Crippen molar-refractivity contribution < 1.29 is 68.8 Å². The average molecular weight is 538 g/mol. The molecule has 0 fully saturated rings. The third-order valence-corrected chi connectivity index (χ3v) is 0. The number of hydrogen-bond donors (Lipinski definition) is 0. The van der Waals surface area contributed by atoms with E-state index in [1.807, 2.05) is 0 Å². The summed E-state index contributed by atoms with van der Waals surface area (Å²) in [5, 5.41) is 0. The van der Waals surface area contributed by atoms with Gasteiger partial charge in [0.05, 0.1) is 0 Å². The quantitative estimate of drug-likeness (QED) is 0.261. The van der Waals surface area contributed by atoms with Crippen LogP contribution in [0.5, 0.6) is 0 Å². The molecule has 0 saturated heterocycles. The fourth-order valence-corrected chi connectivity index (χ4v) is 0. The van der Waals surface area contributed by atoms with Gasteiger partial charge in [-0.05, 0) is 0 Å². The van der Waals surface area contributed by atoms with Crippen LogP contribution in [0.25, 0.3) is 0 Å². The van der Waals surface area contributed by atoms with Crippen LogP contribution in [-0.2, 0) is 43.9 Å². The van der Waals surface area contributed by atoms with Crippen molar-refractivity contribution in [3.05, 3.63) is 0 Å². The molecule has 0 aliphatic rings. The zero-order valence-electron chi connectivity index (χ0n) is 8.77. The van der Waals surface area contributed by atoms with E-state index in [2.05, 4.69) is 0 Å². The smallest absolute Gasteiger partial charge is 0 e. The second-order valence-electron chi connectivity index (χ2n) is 0.577. The SMILES string of the molecule is [O]=[Al][O-].[O]=[Al][O-].[O]=[Al][O-].[O]=[Al][O-].[O]=[Al][O-].[O]=[Al][O-].[W]. The molecule has 0 amide bonds. The summed E-state index contributed by atoms with van der Waals surface area (Å²) in [5.41, 5.74) is 0.